The molecular weight excluding hydrogens is 358 g/mol. The van der Waals surface area contributed by atoms with Gasteiger partial charge in [0.05, 0.1) is 17.9 Å². The van der Waals surface area contributed by atoms with E-state index in [1.807, 2.05) is 0 Å². The standard InChI is InChI=1S/C21H39N3O2S/c1-2-3-4-5-6-11-16-21-27(25,26)24(19-14-9-7-12-17-22)20-15-10-8-13-18-23/h2-16,19-21H2,1H3. The number of sulfonamides is 1. The first-order chi connectivity index (χ1) is 13.1. The van der Waals surface area contributed by atoms with Crippen LogP contribution in [-0.2, 0) is 10.0 Å². The van der Waals surface area contributed by atoms with E-state index in [4.69, 9.17) is 10.5 Å². The molecule has 6 heteroatoms. The van der Waals surface area contributed by atoms with Crippen LogP contribution >= 0.6 is 0 Å². The molecule has 0 heterocycles. The van der Waals surface area contributed by atoms with Gasteiger partial charge in [0.25, 0.3) is 0 Å². The third-order valence-corrected chi connectivity index (χ3v) is 6.75. The van der Waals surface area contributed by atoms with Crippen molar-refractivity contribution in [1.29, 1.82) is 10.5 Å². The first kappa shape index (κ1) is 25.9. The Bertz CT molecular complexity index is 497. The molecule has 0 rings (SSSR count). The van der Waals surface area contributed by atoms with Crippen LogP contribution in [0.4, 0.5) is 0 Å². The van der Waals surface area contributed by atoms with Crippen LogP contribution in [0, 0.1) is 22.7 Å². The van der Waals surface area contributed by atoms with E-state index >= 15 is 0 Å². The van der Waals surface area contributed by atoms with Crippen LogP contribution in [0.1, 0.15) is 103 Å². The lowest BCUT2D eigenvalue weighted by Gasteiger charge is -2.22. The summed E-state index contributed by atoms with van der Waals surface area (Å²) in [6.45, 7) is 3.31. The van der Waals surface area contributed by atoms with Gasteiger partial charge in [0.2, 0.25) is 10.0 Å². The van der Waals surface area contributed by atoms with Crippen molar-refractivity contribution in [3.63, 3.8) is 0 Å². The fraction of sp³-hybridized carbons (Fsp3) is 0.905. The Hall–Kier alpha value is -1.11. The molecule has 0 aromatic rings. The molecule has 5 nitrogen and oxygen atoms in total. The number of hydrogen-bond donors (Lipinski definition) is 0. The molecule has 0 radical (unpaired) electrons. The molecule has 0 fully saturated rings. The van der Waals surface area contributed by atoms with Crippen molar-refractivity contribution in [3.8, 4) is 12.1 Å². The summed E-state index contributed by atoms with van der Waals surface area (Å²) >= 11 is 0. The van der Waals surface area contributed by atoms with Gasteiger partial charge in [-0.3, -0.25) is 0 Å². The van der Waals surface area contributed by atoms with Gasteiger partial charge < -0.3 is 0 Å². The van der Waals surface area contributed by atoms with Crippen molar-refractivity contribution in [3.05, 3.63) is 0 Å². The maximum atomic E-state index is 12.7. The third-order valence-electron chi connectivity index (χ3n) is 4.79. The van der Waals surface area contributed by atoms with Gasteiger partial charge in [0.15, 0.2) is 0 Å². The Morgan fingerprint density at radius 2 is 1.11 bits per heavy atom. The number of rotatable bonds is 19. The van der Waals surface area contributed by atoms with E-state index < -0.39 is 10.0 Å². The smallest absolute Gasteiger partial charge is 0.212 e. The average Bonchev–Trinajstić information content (AvgIpc) is 2.65. The predicted molar refractivity (Wildman–Crippen MR) is 112 cm³/mol. The van der Waals surface area contributed by atoms with E-state index in [2.05, 4.69) is 19.1 Å². The van der Waals surface area contributed by atoms with Gasteiger partial charge >= 0.3 is 0 Å². The second-order valence-electron chi connectivity index (χ2n) is 7.27. The molecule has 156 valence electrons. The molecule has 0 unspecified atom stereocenters. The Balaban J connectivity index is 4.29. The topological polar surface area (TPSA) is 85.0 Å². The van der Waals surface area contributed by atoms with E-state index in [0.717, 1.165) is 57.8 Å². The van der Waals surface area contributed by atoms with Crippen molar-refractivity contribution >= 4 is 10.0 Å². The second-order valence-corrected chi connectivity index (χ2v) is 9.36. The van der Waals surface area contributed by atoms with E-state index in [9.17, 15) is 8.42 Å². The molecule has 0 aliphatic carbocycles. The zero-order valence-electron chi connectivity index (χ0n) is 17.3. The minimum absolute atomic E-state index is 0.247. The maximum absolute atomic E-state index is 12.7. The molecule has 0 bridgehead atoms. The molecule has 0 saturated heterocycles. The van der Waals surface area contributed by atoms with Crippen LogP contribution in [0.2, 0.25) is 0 Å². The van der Waals surface area contributed by atoms with Gasteiger partial charge in [-0.05, 0) is 32.1 Å². The maximum Gasteiger partial charge on any atom is 0.214 e. The third kappa shape index (κ3) is 15.6. The van der Waals surface area contributed by atoms with Crippen molar-refractivity contribution in [1.82, 2.24) is 4.31 Å². The summed E-state index contributed by atoms with van der Waals surface area (Å²) < 4.78 is 27.1. The summed E-state index contributed by atoms with van der Waals surface area (Å²) in [5, 5.41) is 17.2. The Labute approximate surface area is 167 Å². The Morgan fingerprint density at radius 1 is 0.667 bits per heavy atom. The number of unbranched alkanes of at least 4 members (excludes halogenated alkanes) is 12. The van der Waals surface area contributed by atoms with Crippen molar-refractivity contribution in [2.24, 2.45) is 0 Å². The highest BCUT2D eigenvalue weighted by molar-refractivity contribution is 7.89. The summed E-state index contributed by atoms with van der Waals surface area (Å²) in [6.07, 6.45) is 14.0. The number of hydrogen-bond acceptors (Lipinski definition) is 4. The fourth-order valence-electron chi connectivity index (χ4n) is 3.10. The second kappa shape index (κ2) is 18.3. The molecule has 0 atom stereocenters. The number of nitrogens with zero attached hydrogens (tertiary/aromatic N) is 3. The minimum atomic E-state index is -3.20. The van der Waals surface area contributed by atoms with E-state index in [0.29, 0.717) is 25.9 Å². The quantitative estimate of drug-likeness (QED) is 0.268. The van der Waals surface area contributed by atoms with Gasteiger partial charge in [0.1, 0.15) is 0 Å². The summed E-state index contributed by atoms with van der Waals surface area (Å²) in [7, 11) is -3.20. The normalized spacial score (nSPS) is 11.4. The largest absolute Gasteiger partial charge is 0.214 e. The highest BCUT2D eigenvalue weighted by atomic mass is 32.2. The van der Waals surface area contributed by atoms with Crippen LogP contribution in [0.3, 0.4) is 0 Å². The number of nitriles is 2. The van der Waals surface area contributed by atoms with Gasteiger partial charge in [-0.15, -0.1) is 0 Å². The zero-order chi connectivity index (χ0) is 20.2. The van der Waals surface area contributed by atoms with E-state index in [1.54, 1.807) is 4.31 Å². The highest BCUT2D eigenvalue weighted by Gasteiger charge is 2.20. The van der Waals surface area contributed by atoms with Crippen molar-refractivity contribution < 1.29 is 8.42 Å². The SMILES string of the molecule is CCCCCCCCCS(=O)(=O)N(CCCCCC#N)CCCCCC#N. The van der Waals surface area contributed by atoms with Gasteiger partial charge in [-0.25, -0.2) is 12.7 Å². The van der Waals surface area contributed by atoms with E-state index in [-0.39, 0.29) is 5.75 Å². The fourth-order valence-corrected chi connectivity index (χ4v) is 4.74. The first-order valence-electron chi connectivity index (χ1n) is 10.8. The lowest BCUT2D eigenvalue weighted by atomic mass is 10.1. The van der Waals surface area contributed by atoms with Crippen LogP contribution in [0.5, 0.6) is 0 Å². The van der Waals surface area contributed by atoms with Gasteiger partial charge in [-0.1, -0.05) is 58.3 Å². The van der Waals surface area contributed by atoms with Crippen LogP contribution in [-0.4, -0.2) is 31.6 Å². The van der Waals surface area contributed by atoms with Gasteiger partial charge in [0, 0.05) is 25.9 Å². The van der Waals surface area contributed by atoms with Crippen LogP contribution in [0.15, 0.2) is 0 Å². The molecular formula is C21H39N3O2S. The van der Waals surface area contributed by atoms with Crippen molar-refractivity contribution in [2.45, 2.75) is 103 Å². The summed E-state index contributed by atoms with van der Waals surface area (Å²) in [6, 6.07) is 4.27. The molecule has 0 amide bonds. The monoisotopic (exact) mass is 397 g/mol. The van der Waals surface area contributed by atoms with Crippen LogP contribution in [0.25, 0.3) is 0 Å². The lowest BCUT2D eigenvalue weighted by Crippen LogP contribution is -2.35. The molecule has 0 saturated carbocycles. The van der Waals surface area contributed by atoms with Crippen molar-refractivity contribution in [2.75, 3.05) is 18.8 Å². The first-order valence-corrected chi connectivity index (χ1v) is 12.4. The Morgan fingerprint density at radius 3 is 1.59 bits per heavy atom. The van der Waals surface area contributed by atoms with E-state index in [1.165, 1.54) is 25.7 Å². The average molecular weight is 398 g/mol. The van der Waals surface area contributed by atoms with Gasteiger partial charge in [-0.2, -0.15) is 10.5 Å². The molecule has 0 aliphatic heterocycles. The molecule has 0 aromatic carbocycles. The Kier molecular flexibility index (Phi) is 17.5. The summed E-state index contributed by atoms with van der Waals surface area (Å²) in [4.78, 5) is 0. The molecule has 0 aromatic heterocycles. The summed E-state index contributed by atoms with van der Waals surface area (Å²) in [5.41, 5.74) is 0. The summed E-state index contributed by atoms with van der Waals surface area (Å²) in [5.74, 6) is 0.247. The molecule has 0 aliphatic rings. The zero-order valence-corrected chi connectivity index (χ0v) is 18.1. The molecule has 0 spiro atoms. The van der Waals surface area contributed by atoms with Crippen LogP contribution < -0.4 is 0 Å². The predicted octanol–water partition coefficient (Wildman–Crippen LogP) is 5.54. The highest BCUT2D eigenvalue weighted by Crippen LogP contribution is 2.13. The molecule has 27 heavy (non-hydrogen) atoms. The lowest BCUT2D eigenvalue weighted by molar-refractivity contribution is 0.386. The molecule has 0 N–H and O–H groups in total. The minimum Gasteiger partial charge on any atom is -0.212 e.